The standard InChI is InChI=1S/C21H19ClN2O3S/c22-14-7-8-17-13(10-14)11-18(27-17)20(25)24(12-15-4-3-9-26-15)21-23-16-5-1-2-6-19(16)28-21/h1-2,5-8,10,15,18H,3-4,9,11-12H2/t15-,18-/m1/s1. The first kappa shape index (κ1) is 17.9. The van der Waals surface area contributed by atoms with Gasteiger partial charge in [-0.2, -0.15) is 0 Å². The fourth-order valence-electron chi connectivity index (χ4n) is 3.76. The summed E-state index contributed by atoms with van der Waals surface area (Å²) < 4.78 is 12.8. The summed E-state index contributed by atoms with van der Waals surface area (Å²) in [6.07, 6.45) is 1.96. The third kappa shape index (κ3) is 3.36. The van der Waals surface area contributed by atoms with Crippen molar-refractivity contribution in [1.29, 1.82) is 0 Å². The summed E-state index contributed by atoms with van der Waals surface area (Å²) in [7, 11) is 0. The van der Waals surface area contributed by atoms with E-state index >= 15 is 0 Å². The van der Waals surface area contributed by atoms with Crippen molar-refractivity contribution >= 4 is 44.2 Å². The van der Waals surface area contributed by atoms with Crippen LogP contribution in [0, 0.1) is 0 Å². The Balaban J connectivity index is 1.44. The van der Waals surface area contributed by atoms with Crippen LogP contribution in [0.3, 0.4) is 0 Å². The van der Waals surface area contributed by atoms with E-state index in [4.69, 9.17) is 26.1 Å². The molecular formula is C21H19ClN2O3S. The molecule has 0 saturated carbocycles. The van der Waals surface area contributed by atoms with Gasteiger partial charge in [-0.05, 0) is 48.7 Å². The molecule has 5 rings (SSSR count). The molecule has 1 amide bonds. The largest absolute Gasteiger partial charge is 0.480 e. The Morgan fingerprint density at radius 2 is 2.18 bits per heavy atom. The Morgan fingerprint density at radius 3 is 3.00 bits per heavy atom. The fraction of sp³-hybridized carbons (Fsp3) is 0.333. The number of aromatic nitrogens is 1. The maximum atomic E-state index is 13.4. The van der Waals surface area contributed by atoms with Crippen molar-refractivity contribution in [3.63, 3.8) is 0 Å². The van der Waals surface area contributed by atoms with Gasteiger partial charge in [0.15, 0.2) is 11.2 Å². The molecule has 28 heavy (non-hydrogen) atoms. The number of ether oxygens (including phenoxy) is 2. The van der Waals surface area contributed by atoms with Gasteiger partial charge in [0.2, 0.25) is 0 Å². The molecule has 1 fully saturated rings. The lowest BCUT2D eigenvalue weighted by Crippen LogP contribution is -2.45. The SMILES string of the molecule is O=C([C@H]1Cc2cc(Cl)ccc2O1)N(C[C@H]1CCCO1)c1nc2ccccc2s1. The highest BCUT2D eigenvalue weighted by molar-refractivity contribution is 7.22. The number of rotatable bonds is 4. The van der Waals surface area contributed by atoms with E-state index in [1.807, 2.05) is 36.4 Å². The van der Waals surface area contributed by atoms with E-state index in [2.05, 4.69) is 0 Å². The van der Waals surface area contributed by atoms with E-state index in [1.54, 1.807) is 11.0 Å². The van der Waals surface area contributed by atoms with Crippen LogP contribution < -0.4 is 9.64 Å². The summed E-state index contributed by atoms with van der Waals surface area (Å²) in [5, 5.41) is 1.34. The van der Waals surface area contributed by atoms with E-state index in [1.165, 1.54) is 11.3 Å². The molecule has 0 spiro atoms. The van der Waals surface area contributed by atoms with Crippen molar-refractivity contribution < 1.29 is 14.3 Å². The molecule has 0 radical (unpaired) electrons. The maximum Gasteiger partial charge on any atom is 0.270 e. The highest BCUT2D eigenvalue weighted by atomic mass is 35.5. The highest BCUT2D eigenvalue weighted by Gasteiger charge is 2.36. The molecule has 1 saturated heterocycles. The molecule has 0 unspecified atom stereocenters. The van der Waals surface area contributed by atoms with Gasteiger partial charge >= 0.3 is 0 Å². The van der Waals surface area contributed by atoms with Crippen LogP contribution in [-0.4, -0.2) is 36.3 Å². The zero-order valence-electron chi connectivity index (χ0n) is 15.1. The van der Waals surface area contributed by atoms with Gasteiger partial charge in [0, 0.05) is 18.1 Å². The van der Waals surface area contributed by atoms with Gasteiger partial charge < -0.3 is 9.47 Å². The summed E-state index contributed by atoms with van der Waals surface area (Å²) in [5.41, 5.74) is 1.86. The van der Waals surface area contributed by atoms with Crippen molar-refractivity contribution in [1.82, 2.24) is 4.98 Å². The number of hydrogen-bond donors (Lipinski definition) is 0. The van der Waals surface area contributed by atoms with E-state index < -0.39 is 6.10 Å². The molecule has 1 aromatic heterocycles. The number of fused-ring (bicyclic) bond motifs is 2. The Labute approximate surface area is 171 Å². The van der Waals surface area contributed by atoms with Crippen LogP contribution in [0.25, 0.3) is 10.2 Å². The first-order valence-electron chi connectivity index (χ1n) is 9.41. The van der Waals surface area contributed by atoms with Crippen LogP contribution in [0.2, 0.25) is 5.02 Å². The van der Waals surface area contributed by atoms with Gasteiger partial charge in [-0.25, -0.2) is 4.98 Å². The Bertz CT molecular complexity index is 998. The molecule has 2 aliphatic heterocycles. The van der Waals surface area contributed by atoms with Gasteiger partial charge in [-0.1, -0.05) is 35.1 Å². The summed E-state index contributed by atoms with van der Waals surface area (Å²) in [6, 6.07) is 13.4. The Morgan fingerprint density at radius 1 is 1.29 bits per heavy atom. The lowest BCUT2D eigenvalue weighted by Gasteiger charge is -2.25. The number of carbonyl (C=O) groups excluding carboxylic acids is 1. The van der Waals surface area contributed by atoms with Crippen molar-refractivity contribution in [3.05, 3.63) is 53.1 Å². The maximum absolute atomic E-state index is 13.4. The van der Waals surface area contributed by atoms with Gasteiger partial charge in [0.25, 0.3) is 5.91 Å². The monoisotopic (exact) mass is 414 g/mol. The average molecular weight is 415 g/mol. The molecule has 3 heterocycles. The van der Waals surface area contributed by atoms with E-state index in [-0.39, 0.29) is 12.0 Å². The molecule has 2 aromatic carbocycles. The first-order chi connectivity index (χ1) is 13.7. The zero-order valence-corrected chi connectivity index (χ0v) is 16.7. The lowest BCUT2D eigenvalue weighted by atomic mass is 10.1. The van der Waals surface area contributed by atoms with E-state index in [0.29, 0.717) is 23.1 Å². The summed E-state index contributed by atoms with van der Waals surface area (Å²) in [6.45, 7) is 1.24. The number of nitrogens with zero attached hydrogens (tertiary/aromatic N) is 2. The predicted octanol–water partition coefficient (Wildman–Crippen LogP) is 4.47. The van der Waals surface area contributed by atoms with Crippen molar-refractivity contribution in [2.45, 2.75) is 31.5 Å². The highest BCUT2D eigenvalue weighted by Crippen LogP contribution is 2.34. The smallest absolute Gasteiger partial charge is 0.270 e. The molecule has 0 N–H and O–H groups in total. The first-order valence-corrected chi connectivity index (χ1v) is 10.6. The van der Waals surface area contributed by atoms with Gasteiger partial charge in [-0.15, -0.1) is 0 Å². The average Bonchev–Trinajstić information content (AvgIpc) is 3.43. The minimum atomic E-state index is -0.568. The molecule has 2 aliphatic rings. The number of hydrogen-bond acceptors (Lipinski definition) is 5. The molecule has 0 bridgehead atoms. The van der Waals surface area contributed by atoms with E-state index in [0.717, 1.165) is 41.0 Å². The van der Waals surface area contributed by atoms with E-state index in [9.17, 15) is 4.79 Å². The summed E-state index contributed by atoms with van der Waals surface area (Å²) in [4.78, 5) is 19.9. The third-order valence-corrected chi connectivity index (χ3v) is 6.46. The van der Waals surface area contributed by atoms with Gasteiger partial charge in [0.05, 0.1) is 22.9 Å². The number of thiazole rings is 1. The summed E-state index contributed by atoms with van der Waals surface area (Å²) in [5.74, 6) is 0.644. The predicted molar refractivity (Wildman–Crippen MR) is 111 cm³/mol. The van der Waals surface area contributed by atoms with Crippen molar-refractivity contribution in [2.24, 2.45) is 0 Å². The molecule has 0 aliphatic carbocycles. The minimum Gasteiger partial charge on any atom is -0.480 e. The van der Waals surface area contributed by atoms with Crippen LogP contribution in [-0.2, 0) is 16.0 Å². The van der Waals surface area contributed by atoms with Crippen molar-refractivity contribution in [3.8, 4) is 5.75 Å². The quantitative estimate of drug-likeness (QED) is 0.632. The molecule has 7 heteroatoms. The number of anilines is 1. The minimum absolute atomic E-state index is 0.0363. The normalized spacial score (nSPS) is 20.9. The second-order valence-electron chi connectivity index (χ2n) is 7.11. The molecule has 2 atom stereocenters. The number of benzene rings is 2. The van der Waals surface area contributed by atoms with Crippen LogP contribution >= 0.6 is 22.9 Å². The number of para-hydroxylation sites is 1. The Hall–Kier alpha value is -2.15. The second-order valence-corrected chi connectivity index (χ2v) is 8.56. The number of carbonyl (C=O) groups is 1. The van der Waals surface area contributed by atoms with Crippen LogP contribution in [0.4, 0.5) is 5.13 Å². The number of halogens is 1. The zero-order chi connectivity index (χ0) is 19.1. The third-order valence-electron chi connectivity index (χ3n) is 5.16. The molecule has 5 nitrogen and oxygen atoms in total. The lowest BCUT2D eigenvalue weighted by molar-refractivity contribution is -0.125. The van der Waals surface area contributed by atoms with Gasteiger partial charge in [0.1, 0.15) is 5.75 Å². The Kier molecular flexibility index (Phi) is 4.70. The molecule has 3 aromatic rings. The summed E-state index contributed by atoms with van der Waals surface area (Å²) >= 11 is 7.62. The van der Waals surface area contributed by atoms with Crippen molar-refractivity contribution in [2.75, 3.05) is 18.1 Å². The number of amides is 1. The second kappa shape index (κ2) is 7.35. The van der Waals surface area contributed by atoms with Crippen LogP contribution in [0.5, 0.6) is 5.75 Å². The fourth-order valence-corrected chi connectivity index (χ4v) is 4.93. The van der Waals surface area contributed by atoms with Crippen LogP contribution in [0.15, 0.2) is 42.5 Å². The topological polar surface area (TPSA) is 51.7 Å². The molecular weight excluding hydrogens is 396 g/mol. The van der Waals surface area contributed by atoms with Gasteiger partial charge in [-0.3, -0.25) is 9.69 Å². The molecule has 144 valence electrons. The van der Waals surface area contributed by atoms with Crippen LogP contribution in [0.1, 0.15) is 18.4 Å².